The van der Waals surface area contributed by atoms with Crippen LogP contribution in [0.5, 0.6) is 0 Å². The third kappa shape index (κ3) is 4.72. The molecule has 1 rings (SSSR count). The lowest BCUT2D eigenvalue weighted by atomic mass is 10.2. The molecule has 4 nitrogen and oxygen atoms in total. The fourth-order valence-corrected chi connectivity index (χ4v) is 0.976. The second-order valence-electron chi connectivity index (χ2n) is 4.66. The fraction of sp³-hybridized carbons (Fsp3) is 0.727. The van der Waals surface area contributed by atoms with Crippen LogP contribution in [0, 0.1) is 0 Å². The molecule has 0 aromatic rings. The van der Waals surface area contributed by atoms with E-state index >= 15 is 0 Å². The van der Waals surface area contributed by atoms with Gasteiger partial charge in [-0.15, -0.1) is 0 Å². The zero-order valence-electron chi connectivity index (χ0n) is 9.96. The molecule has 0 heterocycles. The van der Waals surface area contributed by atoms with E-state index in [4.69, 9.17) is 4.74 Å². The van der Waals surface area contributed by atoms with E-state index in [1.165, 1.54) is 10.6 Å². The Kier molecular flexibility index (Phi) is 3.61. The molecule has 0 unspecified atom stereocenters. The minimum absolute atomic E-state index is 0.331. The van der Waals surface area contributed by atoms with Gasteiger partial charge in [-0.1, -0.05) is 5.57 Å². The van der Waals surface area contributed by atoms with Gasteiger partial charge < -0.3 is 10.2 Å². The number of carbonyl (C=O) groups is 1. The fourth-order valence-electron chi connectivity index (χ4n) is 0.976. The second-order valence-corrected chi connectivity index (χ2v) is 4.66. The summed E-state index contributed by atoms with van der Waals surface area (Å²) >= 11 is 0. The molecule has 0 bridgehead atoms. The summed E-state index contributed by atoms with van der Waals surface area (Å²) in [6.45, 7) is 8.06. The third-order valence-corrected chi connectivity index (χ3v) is 1.89. The molecule has 1 aliphatic rings. The summed E-state index contributed by atoms with van der Waals surface area (Å²) in [5.41, 5.74) is 3.85. The van der Waals surface area contributed by atoms with E-state index in [-0.39, 0.29) is 6.09 Å². The first kappa shape index (κ1) is 11.9. The highest BCUT2D eigenvalue weighted by atomic mass is 16.6. The predicted molar refractivity (Wildman–Crippen MR) is 59.1 cm³/mol. The zero-order chi connectivity index (χ0) is 11.5. The minimum atomic E-state index is -0.446. The number of hydrogen-bond acceptors (Lipinski definition) is 3. The number of nitrogens with one attached hydrogen (secondary N) is 1. The molecule has 15 heavy (non-hydrogen) atoms. The van der Waals surface area contributed by atoms with Crippen LogP contribution in [-0.2, 0) is 4.74 Å². The van der Waals surface area contributed by atoms with Crippen LogP contribution in [-0.4, -0.2) is 23.2 Å². The summed E-state index contributed by atoms with van der Waals surface area (Å²) in [6, 6.07) is 0. The largest absolute Gasteiger partial charge is 0.442 e. The average Bonchev–Trinajstić information content (AvgIpc) is 2.85. The smallest absolute Gasteiger partial charge is 0.429 e. The summed E-state index contributed by atoms with van der Waals surface area (Å²) in [7, 11) is 0. The van der Waals surface area contributed by atoms with Crippen molar-refractivity contribution in [3.8, 4) is 0 Å². The van der Waals surface area contributed by atoms with E-state index < -0.39 is 5.60 Å². The Bertz CT molecular complexity index is 260. The molecule has 0 aromatic heterocycles. The van der Waals surface area contributed by atoms with Crippen molar-refractivity contribution in [2.24, 2.45) is 0 Å². The summed E-state index contributed by atoms with van der Waals surface area (Å²) in [5, 5.41) is 1.47. The standard InChI is InChI=1S/C11H20N2O2/c1-5-13(12-8-9-6-7-9)10(14)15-11(2,3)4/h8,12H,5-7H2,1-4H3. The molecular weight excluding hydrogens is 192 g/mol. The molecule has 1 N–H and O–H groups in total. The lowest BCUT2D eigenvalue weighted by molar-refractivity contribution is 0.0189. The average molecular weight is 212 g/mol. The summed E-state index contributed by atoms with van der Waals surface area (Å²) < 4.78 is 5.24. The monoisotopic (exact) mass is 212 g/mol. The molecule has 1 amide bonds. The van der Waals surface area contributed by atoms with Crippen LogP contribution < -0.4 is 5.43 Å². The van der Waals surface area contributed by atoms with E-state index in [9.17, 15) is 4.79 Å². The van der Waals surface area contributed by atoms with Crippen LogP contribution in [0.2, 0.25) is 0 Å². The van der Waals surface area contributed by atoms with Crippen LogP contribution in [0.1, 0.15) is 40.5 Å². The number of amides is 1. The quantitative estimate of drug-likeness (QED) is 0.730. The molecule has 0 aliphatic heterocycles. The van der Waals surface area contributed by atoms with E-state index in [0.29, 0.717) is 6.54 Å². The summed E-state index contributed by atoms with van der Waals surface area (Å²) in [5.74, 6) is 0. The molecule has 1 fully saturated rings. The van der Waals surface area contributed by atoms with Gasteiger partial charge in [0.25, 0.3) is 0 Å². The Hall–Kier alpha value is -1.19. The van der Waals surface area contributed by atoms with Crippen molar-refractivity contribution >= 4 is 6.09 Å². The Morgan fingerprint density at radius 1 is 1.53 bits per heavy atom. The molecule has 0 atom stereocenters. The molecule has 0 spiro atoms. The lowest BCUT2D eigenvalue weighted by Crippen LogP contribution is -2.43. The molecule has 1 aliphatic carbocycles. The summed E-state index contributed by atoms with van der Waals surface area (Å²) in [6.07, 6.45) is 3.83. The van der Waals surface area contributed by atoms with Crippen molar-refractivity contribution in [1.29, 1.82) is 0 Å². The maximum Gasteiger partial charge on any atom is 0.429 e. The highest BCUT2D eigenvalue weighted by molar-refractivity contribution is 5.67. The van der Waals surface area contributed by atoms with Crippen molar-refractivity contribution in [3.05, 3.63) is 11.8 Å². The highest BCUT2D eigenvalue weighted by Gasteiger charge is 2.21. The summed E-state index contributed by atoms with van der Waals surface area (Å²) in [4.78, 5) is 11.6. The molecule has 0 radical (unpaired) electrons. The molecule has 0 saturated heterocycles. The third-order valence-electron chi connectivity index (χ3n) is 1.89. The van der Waals surface area contributed by atoms with Crippen molar-refractivity contribution in [2.75, 3.05) is 6.54 Å². The zero-order valence-corrected chi connectivity index (χ0v) is 9.96. The Balaban J connectivity index is 2.42. The van der Waals surface area contributed by atoms with Gasteiger partial charge in [-0.25, -0.2) is 9.80 Å². The Labute approximate surface area is 91.2 Å². The Morgan fingerprint density at radius 3 is 2.53 bits per heavy atom. The van der Waals surface area contributed by atoms with Gasteiger partial charge in [-0.2, -0.15) is 0 Å². The van der Waals surface area contributed by atoms with Gasteiger partial charge in [0, 0.05) is 12.7 Å². The van der Waals surface area contributed by atoms with Gasteiger partial charge in [0.05, 0.1) is 0 Å². The molecule has 86 valence electrons. The molecule has 1 saturated carbocycles. The van der Waals surface area contributed by atoms with Crippen LogP contribution in [0.25, 0.3) is 0 Å². The van der Waals surface area contributed by atoms with Crippen LogP contribution >= 0.6 is 0 Å². The number of hydrogen-bond donors (Lipinski definition) is 1. The first-order valence-corrected chi connectivity index (χ1v) is 5.37. The number of ether oxygens (including phenoxy) is 1. The topological polar surface area (TPSA) is 41.6 Å². The first-order chi connectivity index (χ1) is 6.92. The number of hydrazine groups is 1. The minimum Gasteiger partial charge on any atom is -0.442 e. The molecule has 4 heteroatoms. The van der Waals surface area contributed by atoms with Crippen molar-refractivity contribution in [1.82, 2.24) is 10.4 Å². The Morgan fingerprint density at radius 2 is 2.13 bits per heavy atom. The van der Waals surface area contributed by atoms with Gasteiger partial charge in [0.2, 0.25) is 0 Å². The van der Waals surface area contributed by atoms with Crippen LogP contribution in [0.3, 0.4) is 0 Å². The first-order valence-electron chi connectivity index (χ1n) is 5.37. The number of allylic oxidation sites excluding steroid dienone is 1. The maximum absolute atomic E-state index is 11.6. The number of rotatable bonds is 3. The van der Waals surface area contributed by atoms with Crippen molar-refractivity contribution < 1.29 is 9.53 Å². The number of nitrogens with zero attached hydrogens (tertiary/aromatic N) is 1. The van der Waals surface area contributed by atoms with Gasteiger partial charge >= 0.3 is 6.09 Å². The van der Waals surface area contributed by atoms with Crippen LogP contribution in [0.15, 0.2) is 11.8 Å². The predicted octanol–water partition coefficient (Wildman–Crippen LogP) is 2.43. The molecular formula is C11H20N2O2. The number of carbonyl (C=O) groups excluding carboxylic acids is 1. The van der Waals surface area contributed by atoms with E-state index in [1.54, 1.807) is 0 Å². The second kappa shape index (κ2) is 4.55. The van der Waals surface area contributed by atoms with Crippen molar-refractivity contribution in [3.63, 3.8) is 0 Å². The van der Waals surface area contributed by atoms with Gasteiger partial charge in [-0.05, 0) is 40.5 Å². The normalized spacial score (nSPS) is 14.5. The van der Waals surface area contributed by atoms with Gasteiger partial charge in [0.15, 0.2) is 0 Å². The van der Waals surface area contributed by atoms with Crippen LogP contribution in [0.4, 0.5) is 4.79 Å². The van der Waals surface area contributed by atoms with Crippen molar-refractivity contribution in [2.45, 2.75) is 46.1 Å². The lowest BCUT2D eigenvalue weighted by Gasteiger charge is -2.26. The van der Waals surface area contributed by atoms with Gasteiger partial charge in [-0.3, -0.25) is 0 Å². The van der Waals surface area contributed by atoms with E-state index in [1.807, 2.05) is 33.9 Å². The highest BCUT2D eigenvalue weighted by Crippen LogP contribution is 2.26. The van der Waals surface area contributed by atoms with Gasteiger partial charge in [0.1, 0.15) is 5.60 Å². The maximum atomic E-state index is 11.6. The van der Waals surface area contributed by atoms with E-state index in [2.05, 4.69) is 5.43 Å². The van der Waals surface area contributed by atoms with E-state index in [0.717, 1.165) is 12.8 Å². The SMILES string of the molecule is CCN(NC=C1CC1)C(=O)OC(C)(C)C. The molecule has 0 aromatic carbocycles.